The standard InChI is InChI=1S/C21H26BrNO2/c1-14(2)18-7-5-6-8-20(18)25-13-21(24)23-10-9-19-15(3)11-17(22)12-16(19)4/h5-8,11-12,14H,9-10,13H2,1-4H3,(H,23,24). The van der Waals surface area contributed by atoms with Crippen LogP contribution < -0.4 is 10.1 Å². The number of para-hydroxylation sites is 1. The largest absolute Gasteiger partial charge is 0.483 e. The Kier molecular flexibility index (Phi) is 7.06. The first-order chi connectivity index (χ1) is 11.9. The molecule has 0 radical (unpaired) electrons. The van der Waals surface area contributed by atoms with Crippen LogP contribution in [0.25, 0.3) is 0 Å². The molecule has 0 spiro atoms. The van der Waals surface area contributed by atoms with E-state index in [1.807, 2.05) is 24.3 Å². The molecule has 0 heterocycles. The van der Waals surface area contributed by atoms with E-state index in [9.17, 15) is 4.79 Å². The highest BCUT2D eigenvalue weighted by Crippen LogP contribution is 2.25. The number of hydrogen-bond acceptors (Lipinski definition) is 2. The Labute approximate surface area is 158 Å². The molecular formula is C21H26BrNO2. The molecule has 0 aliphatic carbocycles. The minimum Gasteiger partial charge on any atom is -0.483 e. The Balaban J connectivity index is 1.84. The van der Waals surface area contributed by atoms with Crippen LogP contribution in [0.3, 0.4) is 0 Å². The molecule has 2 aromatic carbocycles. The zero-order chi connectivity index (χ0) is 18.4. The van der Waals surface area contributed by atoms with Gasteiger partial charge in [0, 0.05) is 11.0 Å². The molecule has 0 aliphatic rings. The fourth-order valence-electron chi connectivity index (χ4n) is 2.95. The van der Waals surface area contributed by atoms with Crippen LogP contribution in [0, 0.1) is 13.8 Å². The Morgan fingerprint density at radius 2 is 1.80 bits per heavy atom. The molecule has 0 bridgehead atoms. The second-order valence-corrected chi connectivity index (χ2v) is 7.51. The van der Waals surface area contributed by atoms with E-state index < -0.39 is 0 Å². The van der Waals surface area contributed by atoms with E-state index in [0.29, 0.717) is 12.5 Å². The van der Waals surface area contributed by atoms with Gasteiger partial charge in [-0.15, -0.1) is 0 Å². The third kappa shape index (κ3) is 5.60. The molecule has 0 saturated carbocycles. The highest BCUT2D eigenvalue weighted by molar-refractivity contribution is 9.10. The van der Waals surface area contributed by atoms with Gasteiger partial charge in [0.15, 0.2) is 6.61 Å². The molecule has 3 nitrogen and oxygen atoms in total. The summed E-state index contributed by atoms with van der Waals surface area (Å²) in [6.45, 7) is 9.08. The quantitative estimate of drug-likeness (QED) is 0.711. The molecule has 0 atom stereocenters. The van der Waals surface area contributed by atoms with E-state index >= 15 is 0 Å². The van der Waals surface area contributed by atoms with Gasteiger partial charge >= 0.3 is 0 Å². The van der Waals surface area contributed by atoms with Gasteiger partial charge in [-0.25, -0.2) is 0 Å². The summed E-state index contributed by atoms with van der Waals surface area (Å²) in [5.74, 6) is 1.06. The Bertz CT molecular complexity index is 717. The van der Waals surface area contributed by atoms with Crippen LogP contribution in [0.5, 0.6) is 5.75 Å². The molecule has 0 aromatic heterocycles. The number of halogens is 1. The van der Waals surface area contributed by atoms with Crippen molar-refractivity contribution in [3.05, 3.63) is 63.1 Å². The lowest BCUT2D eigenvalue weighted by Crippen LogP contribution is -2.31. The molecule has 134 valence electrons. The molecule has 1 amide bonds. The third-order valence-corrected chi connectivity index (χ3v) is 4.72. The van der Waals surface area contributed by atoms with Crippen molar-refractivity contribution < 1.29 is 9.53 Å². The molecule has 0 fully saturated rings. The van der Waals surface area contributed by atoms with E-state index in [2.05, 4.69) is 61.1 Å². The van der Waals surface area contributed by atoms with E-state index in [4.69, 9.17) is 4.74 Å². The van der Waals surface area contributed by atoms with Crippen LogP contribution in [0.4, 0.5) is 0 Å². The smallest absolute Gasteiger partial charge is 0.257 e. The highest BCUT2D eigenvalue weighted by atomic mass is 79.9. The number of benzene rings is 2. The van der Waals surface area contributed by atoms with E-state index in [0.717, 1.165) is 22.2 Å². The van der Waals surface area contributed by atoms with Crippen LogP contribution in [0.15, 0.2) is 40.9 Å². The van der Waals surface area contributed by atoms with Gasteiger partial charge in [-0.3, -0.25) is 4.79 Å². The second-order valence-electron chi connectivity index (χ2n) is 6.60. The molecule has 0 unspecified atom stereocenters. The Morgan fingerprint density at radius 3 is 2.44 bits per heavy atom. The maximum atomic E-state index is 12.1. The van der Waals surface area contributed by atoms with Gasteiger partial charge in [-0.2, -0.15) is 0 Å². The number of ether oxygens (including phenoxy) is 1. The van der Waals surface area contributed by atoms with Gasteiger partial charge < -0.3 is 10.1 Å². The predicted octanol–water partition coefficient (Wildman–Crippen LogP) is 4.93. The predicted molar refractivity (Wildman–Crippen MR) is 106 cm³/mol. The van der Waals surface area contributed by atoms with Crippen molar-refractivity contribution in [2.24, 2.45) is 0 Å². The molecule has 25 heavy (non-hydrogen) atoms. The second kappa shape index (κ2) is 9.04. The highest BCUT2D eigenvalue weighted by Gasteiger charge is 2.10. The maximum Gasteiger partial charge on any atom is 0.257 e. The molecule has 4 heteroatoms. The number of amides is 1. The Morgan fingerprint density at radius 1 is 1.16 bits per heavy atom. The average Bonchev–Trinajstić information content (AvgIpc) is 2.55. The summed E-state index contributed by atoms with van der Waals surface area (Å²) in [4.78, 5) is 12.1. The number of nitrogens with one attached hydrogen (secondary N) is 1. The number of rotatable bonds is 7. The number of carbonyl (C=O) groups is 1. The summed E-state index contributed by atoms with van der Waals surface area (Å²) >= 11 is 3.51. The number of carbonyl (C=O) groups excluding carboxylic acids is 1. The minimum absolute atomic E-state index is 0.0437. The van der Waals surface area contributed by atoms with Crippen molar-refractivity contribution in [2.45, 2.75) is 40.0 Å². The van der Waals surface area contributed by atoms with Crippen molar-refractivity contribution in [1.29, 1.82) is 0 Å². The van der Waals surface area contributed by atoms with Crippen LogP contribution in [0.1, 0.15) is 42.0 Å². The lowest BCUT2D eigenvalue weighted by atomic mass is 10.0. The van der Waals surface area contributed by atoms with Gasteiger partial charge in [0.2, 0.25) is 0 Å². The van der Waals surface area contributed by atoms with Gasteiger partial charge in [0.1, 0.15) is 5.75 Å². The summed E-state index contributed by atoms with van der Waals surface area (Å²) < 4.78 is 6.80. The molecule has 2 aromatic rings. The molecule has 2 rings (SSSR count). The van der Waals surface area contributed by atoms with Crippen molar-refractivity contribution in [2.75, 3.05) is 13.2 Å². The van der Waals surface area contributed by atoms with E-state index in [1.165, 1.54) is 16.7 Å². The van der Waals surface area contributed by atoms with Crippen molar-refractivity contribution >= 4 is 21.8 Å². The van der Waals surface area contributed by atoms with E-state index in [-0.39, 0.29) is 12.5 Å². The maximum absolute atomic E-state index is 12.1. The fourth-order valence-corrected chi connectivity index (χ4v) is 3.63. The zero-order valence-corrected chi connectivity index (χ0v) is 16.9. The molecule has 0 aliphatic heterocycles. The summed E-state index contributed by atoms with van der Waals surface area (Å²) in [6, 6.07) is 12.1. The monoisotopic (exact) mass is 403 g/mol. The molecule has 0 saturated heterocycles. The van der Waals surface area contributed by atoms with Crippen molar-refractivity contribution in [3.63, 3.8) is 0 Å². The lowest BCUT2D eigenvalue weighted by Gasteiger charge is -2.14. The van der Waals surface area contributed by atoms with Crippen molar-refractivity contribution in [1.82, 2.24) is 5.32 Å². The molecule has 1 N–H and O–H groups in total. The van der Waals surface area contributed by atoms with Crippen LogP contribution >= 0.6 is 15.9 Å². The van der Waals surface area contributed by atoms with Gasteiger partial charge in [0.25, 0.3) is 5.91 Å². The van der Waals surface area contributed by atoms with Crippen LogP contribution in [0.2, 0.25) is 0 Å². The fraction of sp³-hybridized carbons (Fsp3) is 0.381. The summed E-state index contributed by atoms with van der Waals surface area (Å²) in [7, 11) is 0. The van der Waals surface area contributed by atoms with Gasteiger partial charge in [-0.05, 0) is 66.6 Å². The first-order valence-electron chi connectivity index (χ1n) is 8.62. The number of aryl methyl sites for hydroxylation is 2. The van der Waals surface area contributed by atoms with E-state index in [1.54, 1.807) is 0 Å². The lowest BCUT2D eigenvalue weighted by molar-refractivity contribution is -0.123. The first-order valence-corrected chi connectivity index (χ1v) is 9.41. The third-order valence-electron chi connectivity index (χ3n) is 4.26. The van der Waals surface area contributed by atoms with Crippen LogP contribution in [-0.4, -0.2) is 19.1 Å². The topological polar surface area (TPSA) is 38.3 Å². The zero-order valence-electron chi connectivity index (χ0n) is 15.4. The van der Waals surface area contributed by atoms with Gasteiger partial charge in [0.05, 0.1) is 0 Å². The SMILES string of the molecule is Cc1cc(Br)cc(C)c1CCNC(=O)COc1ccccc1C(C)C. The Hall–Kier alpha value is -1.81. The average molecular weight is 404 g/mol. The number of hydrogen-bond donors (Lipinski definition) is 1. The normalized spacial score (nSPS) is 10.8. The van der Waals surface area contributed by atoms with Crippen molar-refractivity contribution in [3.8, 4) is 5.75 Å². The summed E-state index contributed by atoms with van der Waals surface area (Å²) in [6.07, 6.45) is 0.819. The summed E-state index contributed by atoms with van der Waals surface area (Å²) in [5, 5.41) is 2.94. The summed E-state index contributed by atoms with van der Waals surface area (Å²) in [5.41, 5.74) is 4.89. The minimum atomic E-state index is -0.0917. The van der Waals surface area contributed by atoms with Crippen LogP contribution in [-0.2, 0) is 11.2 Å². The first kappa shape index (κ1) is 19.5. The van der Waals surface area contributed by atoms with Gasteiger partial charge in [-0.1, -0.05) is 48.0 Å². The molecular weight excluding hydrogens is 378 g/mol.